The molecule has 1 heterocycles. The Morgan fingerprint density at radius 1 is 0.955 bits per heavy atom. The molecule has 0 spiro atoms. The minimum absolute atomic E-state index is 0.271. The van der Waals surface area contributed by atoms with Gasteiger partial charge in [-0.25, -0.2) is 4.79 Å². The Morgan fingerprint density at radius 3 is 2.59 bits per heavy atom. The Bertz CT molecular complexity index is 837. The highest BCUT2D eigenvalue weighted by molar-refractivity contribution is 6.05. The van der Waals surface area contributed by atoms with Crippen molar-refractivity contribution in [3.05, 3.63) is 65.9 Å². The third-order valence-electron chi connectivity index (χ3n) is 3.52. The number of amides is 2. The zero-order valence-corrected chi connectivity index (χ0v) is 12.6. The molecule has 2 amide bonds. The summed E-state index contributed by atoms with van der Waals surface area (Å²) in [6, 6.07) is 15.3. The summed E-state index contributed by atoms with van der Waals surface area (Å²) >= 11 is 0. The molecule has 1 aromatic heterocycles. The normalized spacial score (nSPS) is 10.5. The molecule has 22 heavy (non-hydrogen) atoms. The quantitative estimate of drug-likeness (QED) is 0.730. The lowest BCUT2D eigenvalue weighted by molar-refractivity contribution is 0.262. The predicted octanol–water partition coefficient (Wildman–Crippen LogP) is 4.50. The van der Waals surface area contributed by atoms with E-state index in [-0.39, 0.29) is 6.03 Å². The first kappa shape index (κ1) is 14.1. The zero-order valence-electron chi connectivity index (χ0n) is 12.6. The van der Waals surface area contributed by atoms with E-state index in [2.05, 4.69) is 15.6 Å². The Hall–Kier alpha value is -2.88. The summed E-state index contributed by atoms with van der Waals surface area (Å²) in [6.45, 7) is 3.96. The van der Waals surface area contributed by atoms with Gasteiger partial charge in [0.25, 0.3) is 0 Å². The van der Waals surface area contributed by atoms with Gasteiger partial charge in [-0.2, -0.15) is 0 Å². The molecule has 0 unspecified atom stereocenters. The largest absolute Gasteiger partial charge is 0.323 e. The molecule has 2 N–H and O–H groups in total. The van der Waals surface area contributed by atoms with Crippen molar-refractivity contribution in [2.45, 2.75) is 13.8 Å². The van der Waals surface area contributed by atoms with E-state index in [9.17, 15) is 4.79 Å². The number of anilines is 2. The molecule has 0 saturated carbocycles. The van der Waals surface area contributed by atoms with Crippen LogP contribution >= 0.6 is 0 Å². The molecule has 4 heteroatoms. The maximum absolute atomic E-state index is 12.2. The maximum atomic E-state index is 12.2. The van der Waals surface area contributed by atoms with Crippen LogP contribution in [0.15, 0.2) is 54.7 Å². The van der Waals surface area contributed by atoms with Crippen molar-refractivity contribution in [2.75, 3.05) is 10.6 Å². The number of hydrogen-bond donors (Lipinski definition) is 2. The number of carbonyl (C=O) groups is 1. The lowest BCUT2D eigenvalue weighted by atomic mass is 10.1. The standard InChI is InChI=1S/C18H17N3O/c1-12-8-9-13(2)16(11-12)21-18(22)20-15-7-3-5-14-6-4-10-19-17(14)15/h3-11H,1-2H3,(H2,20,21,22). The van der Waals surface area contributed by atoms with Crippen LogP contribution in [0.4, 0.5) is 16.2 Å². The maximum Gasteiger partial charge on any atom is 0.323 e. The molecule has 0 bridgehead atoms. The molecule has 0 aliphatic heterocycles. The Balaban J connectivity index is 1.83. The molecular weight excluding hydrogens is 274 g/mol. The van der Waals surface area contributed by atoms with Gasteiger partial charge in [-0.05, 0) is 43.2 Å². The van der Waals surface area contributed by atoms with Crippen LogP contribution in [0.5, 0.6) is 0 Å². The number of urea groups is 1. The van der Waals surface area contributed by atoms with E-state index in [1.807, 2.05) is 62.4 Å². The van der Waals surface area contributed by atoms with Crippen LogP contribution in [0, 0.1) is 13.8 Å². The van der Waals surface area contributed by atoms with Crippen molar-refractivity contribution < 1.29 is 4.79 Å². The van der Waals surface area contributed by atoms with Gasteiger partial charge in [-0.3, -0.25) is 4.98 Å². The monoisotopic (exact) mass is 291 g/mol. The average Bonchev–Trinajstić information content (AvgIpc) is 2.51. The molecule has 2 aromatic carbocycles. The lowest BCUT2D eigenvalue weighted by Gasteiger charge is -2.11. The summed E-state index contributed by atoms with van der Waals surface area (Å²) in [4.78, 5) is 16.6. The first-order chi connectivity index (χ1) is 10.6. The third kappa shape index (κ3) is 2.91. The van der Waals surface area contributed by atoms with Crippen LogP contribution in [-0.4, -0.2) is 11.0 Å². The van der Waals surface area contributed by atoms with Gasteiger partial charge in [0.15, 0.2) is 0 Å². The molecule has 0 fully saturated rings. The number of nitrogens with zero attached hydrogens (tertiary/aromatic N) is 1. The summed E-state index contributed by atoms with van der Waals surface area (Å²) in [5.74, 6) is 0. The molecule has 0 aliphatic carbocycles. The van der Waals surface area contributed by atoms with Crippen molar-refractivity contribution in [1.29, 1.82) is 0 Å². The second-order valence-corrected chi connectivity index (χ2v) is 5.28. The van der Waals surface area contributed by atoms with Gasteiger partial charge in [-0.1, -0.05) is 30.3 Å². The van der Waals surface area contributed by atoms with Crippen LogP contribution < -0.4 is 10.6 Å². The second-order valence-electron chi connectivity index (χ2n) is 5.28. The topological polar surface area (TPSA) is 54.0 Å². The molecule has 3 aromatic rings. The average molecular weight is 291 g/mol. The zero-order chi connectivity index (χ0) is 15.5. The number of carbonyl (C=O) groups excluding carboxylic acids is 1. The number of nitrogens with one attached hydrogen (secondary N) is 2. The Labute approximate surface area is 129 Å². The van der Waals surface area contributed by atoms with Gasteiger partial charge in [-0.15, -0.1) is 0 Å². The van der Waals surface area contributed by atoms with Crippen LogP contribution in [0.1, 0.15) is 11.1 Å². The summed E-state index contributed by atoms with van der Waals surface area (Å²) in [6.07, 6.45) is 1.72. The van der Waals surface area contributed by atoms with Crippen LogP contribution in [0.2, 0.25) is 0 Å². The molecule has 4 nitrogen and oxygen atoms in total. The first-order valence-electron chi connectivity index (χ1n) is 7.12. The van der Waals surface area contributed by atoms with Gasteiger partial charge >= 0.3 is 6.03 Å². The van der Waals surface area contributed by atoms with Crippen molar-refractivity contribution in [1.82, 2.24) is 4.98 Å². The van der Waals surface area contributed by atoms with Crippen LogP contribution in [0.3, 0.4) is 0 Å². The first-order valence-corrected chi connectivity index (χ1v) is 7.12. The summed E-state index contributed by atoms with van der Waals surface area (Å²) in [5.41, 5.74) is 4.41. The van der Waals surface area contributed by atoms with Crippen LogP contribution in [0.25, 0.3) is 10.9 Å². The molecule has 0 saturated heterocycles. The van der Waals surface area contributed by atoms with E-state index < -0.39 is 0 Å². The number of aromatic nitrogens is 1. The van der Waals surface area contributed by atoms with Gasteiger partial charge in [0.05, 0.1) is 11.2 Å². The Morgan fingerprint density at radius 2 is 1.73 bits per heavy atom. The number of hydrogen-bond acceptors (Lipinski definition) is 2. The number of fused-ring (bicyclic) bond motifs is 1. The number of rotatable bonds is 2. The van der Waals surface area contributed by atoms with Crippen LogP contribution in [-0.2, 0) is 0 Å². The minimum atomic E-state index is -0.271. The minimum Gasteiger partial charge on any atom is -0.307 e. The molecule has 110 valence electrons. The smallest absolute Gasteiger partial charge is 0.307 e. The van der Waals surface area contributed by atoms with Crippen molar-refractivity contribution in [3.63, 3.8) is 0 Å². The van der Waals surface area contributed by atoms with Crippen molar-refractivity contribution in [2.24, 2.45) is 0 Å². The molecule has 3 rings (SSSR count). The highest BCUT2D eigenvalue weighted by Gasteiger charge is 2.08. The fourth-order valence-corrected chi connectivity index (χ4v) is 2.35. The van der Waals surface area contributed by atoms with E-state index in [0.29, 0.717) is 5.69 Å². The predicted molar refractivity (Wildman–Crippen MR) is 90.3 cm³/mol. The summed E-state index contributed by atoms with van der Waals surface area (Å²) < 4.78 is 0. The summed E-state index contributed by atoms with van der Waals surface area (Å²) in [5, 5.41) is 6.75. The van der Waals surface area contributed by atoms with Gasteiger partial charge in [0, 0.05) is 17.3 Å². The molecule has 0 atom stereocenters. The van der Waals surface area contributed by atoms with E-state index in [0.717, 1.165) is 27.7 Å². The lowest BCUT2D eigenvalue weighted by Crippen LogP contribution is -2.20. The molecule has 0 radical (unpaired) electrons. The number of benzene rings is 2. The molecule has 0 aliphatic rings. The number of para-hydroxylation sites is 1. The van der Waals surface area contributed by atoms with E-state index >= 15 is 0 Å². The van der Waals surface area contributed by atoms with Gasteiger partial charge in [0.2, 0.25) is 0 Å². The highest BCUT2D eigenvalue weighted by atomic mass is 16.2. The fraction of sp³-hybridized carbons (Fsp3) is 0.111. The van der Waals surface area contributed by atoms with Crippen molar-refractivity contribution in [3.8, 4) is 0 Å². The fourth-order valence-electron chi connectivity index (χ4n) is 2.35. The third-order valence-corrected chi connectivity index (χ3v) is 3.52. The number of aryl methyl sites for hydroxylation is 2. The van der Waals surface area contributed by atoms with Gasteiger partial charge in [0.1, 0.15) is 0 Å². The van der Waals surface area contributed by atoms with Crippen molar-refractivity contribution >= 4 is 28.3 Å². The molecular formula is C18H17N3O. The number of pyridine rings is 1. The Kier molecular flexibility index (Phi) is 3.74. The summed E-state index contributed by atoms with van der Waals surface area (Å²) in [7, 11) is 0. The SMILES string of the molecule is Cc1ccc(C)c(NC(=O)Nc2cccc3cccnc23)c1. The highest BCUT2D eigenvalue weighted by Crippen LogP contribution is 2.21. The van der Waals surface area contributed by atoms with E-state index in [4.69, 9.17) is 0 Å². The van der Waals surface area contributed by atoms with E-state index in [1.165, 1.54) is 0 Å². The van der Waals surface area contributed by atoms with E-state index in [1.54, 1.807) is 6.20 Å². The van der Waals surface area contributed by atoms with Gasteiger partial charge < -0.3 is 10.6 Å². The second kappa shape index (κ2) is 5.85.